The van der Waals surface area contributed by atoms with E-state index in [1.54, 1.807) is 0 Å². The van der Waals surface area contributed by atoms with Crippen molar-refractivity contribution in [2.24, 2.45) is 16.7 Å². The van der Waals surface area contributed by atoms with Crippen molar-refractivity contribution in [2.45, 2.75) is 57.1 Å². The Kier molecular flexibility index (Phi) is 3.55. The third kappa shape index (κ3) is 2.11. The average molecular weight is 329 g/mol. The Balaban J connectivity index is 1.97. The Morgan fingerprint density at radius 3 is 2.33 bits per heavy atom. The summed E-state index contributed by atoms with van der Waals surface area (Å²) in [6.07, 6.45) is -1.11. The minimum atomic E-state index is -4.23. The van der Waals surface area contributed by atoms with Crippen LogP contribution in [0.25, 0.3) is 0 Å². The monoisotopic (exact) mass is 328 g/mol. The normalized spacial score (nSPS) is 40.2. The van der Waals surface area contributed by atoms with Gasteiger partial charge in [0.1, 0.15) is 4.83 Å². The molecule has 0 amide bonds. The van der Waals surface area contributed by atoms with Crippen molar-refractivity contribution in [3.63, 3.8) is 0 Å². The lowest BCUT2D eigenvalue weighted by atomic mass is 9.70. The number of halogens is 4. The second-order valence-electron chi connectivity index (χ2n) is 6.44. The molecule has 0 aromatic carbocycles. The molecule has 0 aromatic rings. The lowest BCUT2D eigenvalue weighted by Crippen LogP contribution is -2.39. The van der Waals surface area contributed by atoms with Crippen LogP contribution in [-0.2, 0) is 4.74 Å². The molecule has 0 heterocycles. The first-order valence-corrected chi connectivity index (χ1v) is 7.33. The predicted octanol–water partition coefficient (Wildman–Crippen LogP) is 4.54. The summed E-state index contributed by atoms with van der Waals surface area (Å²) < 4.78 is 42.9. The Bertz CT molecular complexity index is 329. The molecule has 0 aromatic heterocycles. The molecule has 0 N–H and O–H groups in total. The van der Waals surface area contributed by atoms with Crippen molar-refractivity contribution in [1.29, 1.82) is 0 Å². The van der Waals surface area contributed by atoms with Crippen LogP contribution in [-0.4, -0.2) is 23.7 Å². The number of hydrogen-bond donors (Lipinski definition) is 0. The van der Waals surface area contributed by atoms with Crippen LogP contribution < -0.4 is 0 Å². The maximum atomic E-state index is 12.4. The second-order valence-corrected chi connectivity index (χ2v) is 7.55. The number of ether oxygens (including phenoxy) is 1. The summed E-state index contributed by atoms with van der Waals surface area (Å²) in [5.41, 5.74) is 0.202. The molecule has 0 saturated heterocycles. The highest BCUT2D eigenvalue weighted by molar-refractivity contribution is 9.09. The highest BCUT2D eigenvalue weighted by Crippen LogP contribution is 2.66. The zero-order chi connectivity index (χ0) is 13.8. The van der Waals surface area contributed by atoms with Gasteiger partial charge in [-0.2, -0.15) is 13.2 Å². The van der Waals surface area contributed by atoms with Gasteiger partial charge >= 0.3 is 6.18 Å². The van der Waals surface area contributed by atoms with E-state index in [1.165, 1.54) is 6.42 Å². The quantitative estimate of drug-likeness (QED) is 0.691. The van der Waals surface area contributed by atoms with Gasteiger partial charge in [0.25, 0.3) is 0 Å². The fourth-order valence-electron chi connectivity index (χ4n) is 3.68. The van der Waals surface area contributed by atoms with Crippen LogP contribution in [0, 0.1) is 16.7 Å². The van der Waals surface area contributed by atoms with Crippen LogP contribution in [0.5, 0.6) is 0 Å². The molecule has 0 aliphatic heterocycles. The maximum Gasteiger partial charge on any atom is 0.403 e. The number of hydrogen-bond acceptors (Lipinski definition) is 1. The first kappa shape index (κ1) is 14.6. The summed E-state index contributed by atoms with van der Waals surface area (Å²) >= 11 is 2.65. The highest BCUT2D eigenvalue weighted by Gasteiger charge is 2.62. The van der Waals surface area contributed by atoms with Gasteiger partial charge in [0.15, 0.2) is 0 Å². The second kappa shape index (κ2) is 4.37. The van der Waals surface area contributed by atoms with E-state index in [0.717, 1.165) is 12.8 Å². The van der Waals surface area contributed by atoms with Crippen molar-refractivity contribution in [2.75, 3.05) is 6.61 Å². The van der Waals surface area contributed by atoms with Crippen LogP contribution in [0.2, 0.25) is 0 Å². The molecule has 2 rings (SSSR count). The van der Waals surface area contributed by atoms with Gasteiger partial charge in [-0.1, -0.05) is 36.7 Å². The van der Waals surface area contributed by atoms with E-state index in [0.29, 0.717) is 5.92 Å². The van der Waals surface area contributed by atoms with Gasteiger partial charge in [-0.15, -0.1) is 0 Å². The third-order valence-electron chi connectivity index (χ3n) is 5.51. The van der Waals surface area contributed by atoms with Gasteiger partial charge in [0.05, 0.1) is 12.7 Å². The van der Waals surface area contributed by atoms with E-state index in [-0.39, 0.29) is 23.5 Å². The summed E-state index contributed by atoms with van der Waals surface area (Å²) in [5.74, 6) is 0.590. The predicted molar refractivity (Wildman–Crippen MR) is 67.7 cm³/mol. The van der Waals surface area contributed by atoms with Gasteiger partial charge < -0.3 is 4.74 Å². The molecule has 5 heteroatoms. The van der Waals surface area contributed by atoms with Crippen molar-refractivity contribution in [3.05, 3.63) is 0 Å². The number of alkyl halides is 4. The van der Waals surface area contributed by atoms with Gasteiger partial charge in [-0.25, -0.2) is 0 Å². The van der Waals surface area contributed by atoms with Crippen LogP contribution in [0.15, 0.2) is 0 Å². The van der Waals surface area contributed by atoms with Gasteiger partial charge in [0.2, 0.25) is 0 Å². The van der Waals surface area contributed by atoms with Gasteiger partial charge in [0, 0.05) is 0 Å². The average Bonchev–Trinajstić information content (AvgIpc) is 2.56. The topological polar surface area (TPSA) is 9.23 Å². The van der Waals surface area contributed by atoms with E-state index in [9.17, 15) is 13.2 Å². The van der Waals surface area contributed by atoms with E-state index in [4.69, 9.17) is 4.74 Å². The lowest BCUT2D eigenvalue weighted by Gasteiger charge is -2.39. The zero-order valence-corrected chi connectivity index (χ0v) is 12.6. The molecule has 2 aliphatic carbocycles. The largest absolute Gasteiger partial charge is 0.403 e. The van der Waals surface area contributed by atoms with Crippen molar-refractivity contribution in [1.82, 2.24) is 0 Å². The number of rotatable bonds is 3. The first-order valence-electron chi connectivity index (χ1n) is 6.41. The first-order chi connectivity index (χ1) is 8.09. The summed E-state index contributed by atoms with van der Waals surface area (Å²) in [5, 5.41) is 0. The molecule has 4 unspecified atom stereocenters. The van der Waals surface area contributed by atoms with Crippen LogP contribution in [0.3, 0.4) is 0 Å². The molecule has 4 atom stereocenters. The lowest BCUT2D eigenvalue weighted by molar-refractivity contribution is -0.148. The Labute approximate surface area is 115 Å². The standard InChI is InChI=1S/C13H20BrF3O/c1-11(2)8-4-5-12(11,3)10(6-8)18-7-9(14)13(15,16)17/h8-10H,4-7H2,1-3H3. The van der Waals surface area contributed by atoms with Crippen LogP contribution >= 0.6 is 15.9 Å². The minimum absolute atomic E-state index is 0.0238. The summed E-state index contributed by atoms with van der Waals surface area (Å²) in [7, 11) is 0. The summed E-state index contributed by atoms with van der Waals surface area (Å²) in [6, 6.07) is 0. The van der Waals surface area contributed by atoms with Crippen LogP contribution in [0.1, 0.15) is 40.0 Å². The zero-order valence-electron chi connectivity index (χ0n) is 11.0. The Morgan fingerprint density at radius 1 is 1.33 bits per heavy atom. The molecular formula is C13H20BrF3O. The van der Waals surface area contributed by atoms with E-state index in [1.807, 2.05) is 0 Å². The molecule has 0 radical (unpaired) electrons. The highest BCUT2D eigenvalue weighted by atomic mass is 79.9. The molecule has 2 bridgehead atoms. The minimum Gasteiger partial charge on any atom is -0.376 e. The van der Waals surface area contributed by atoms with E-state index < -0.39 is 11.0 Å². The number of fused-ring (bicyclic) bond motifs is 2. The molecule has 18 heavy (non-hydrogen) atoms. The molecule has 106 valence electrons. The summed E-state index contributed by atoms with van der Waals surface area (Å²) in [4.78, 5) is -1.56. The molecular weight excluding hydrogens is 309 g/mol. The molecule has 2 saturated carbocycles. The van der Waals surface area contributed by atoms with Gasteiger partial charge in [-0.05, 0) is 36.0 Å². The Morgan fingerprint density at radius 2 is 1.94 bits per heavy atom. The fourth-order valence-corrected chi connectivity index (χ4v) is 3.83. The molecule has 0 spiro atoms. The van der Waals surface area contributed by atoms with Crippen molar-refractivity contribution >= 4 is 15.9 Å². The van der Waals surface area contributed by atoms with Crippen LogP contribution in [0.4, 0.5) is 13.2 Å². The fraction of sp³-hybridized carbons (Fsp3) is 1.00. The smallest absolute Gasteiger partial charge is 0.376 e. The third-order valence-corrected chi connectivity index (χ3v) is 6.30. The molecule has 2 fully saturated rings. The van der Waals surface area contributed by atoms with Crippen molar-refractivity contribution in [3.8, 4) is 0 Å². The summed E-state index contributed by atoms with van der Waals surface area (Å²) in [6.45, 7) is 6.33. The van der Waals surface area contributed by atoms with Crippen molar-refractivity contribution < 1.29 is 17.9 Å². The van der Waals surface area contributed by atoms with Gasteiger partial charge in [-0.3, -0.25) is 0 Å². The molecule has 1 nitrogen and oxygen atoms in total. The maximum absolute atomic E-state index is 12.4. The molecule has 2 aliphatic rings. The SMILES string of the molecule is CC1(C)C2CCC1(C)C(OCC(Br)C(F)(F)F)C2. The van der Waals surface area contributed by atoms with E-state index in [2.05, 4.69) is 36.7 Å². The Hall–Kier alpha value is 0.230. The van der Waals surface area contributed by atoms with E-state index >= 15 is 0 Å².